The predicted octanol–water partition coefficient (Wildman–Crippen LogP) is 2.92. The van der Waals surface area contributed by atoms with Gasteiger partial charge in [-0.25, -0.2) is 4.79 Å². The van der Waals surface area contributed by atoms with Crippen LogP contribution >= 0.6 is 0 Å². The van der Waals surface area contributed by atoms with Crippen LogP contribution in [-0.4, -0.2) is 17.1 Å². The van der Waals surface area contributed by atoms with Gasteiger partial charge in [-0.15, -0.1) is 0 Å². The minimum Gasteiger partial charge on any atom is -0.480 e. The van der Waals surface area contributed by atoms with Crippen LogP contribution in [0.2, 0.25) is 0 Å². The average molecular weight is 246 g/mol. The number of benzene rings is 1. The highest BCUT2D eigenvalue weighted by atomic mass is 16.4. The van der Waals surface area contributed by atoms with Crippen LogP contribution in [0.15, 0.2) is 18.2 Å². The minimum absolute atomic E-state index is 0.484. The van der Waals surface area contributed by atoms with Crippen LogP contribution in [0, 0.1) is 18.3 Å². The van der Waals surface area contributed by atoms with Gasteiger partial charge >= 0.3 is 5.97 Å². The fourth-order valence-electron chi connectivity index (χ4n) is 1.73. The topological polar surface area (TPSA) is 73.1 Å². The molecule has 0 fully saturated rings. The van der Waals surface area contributed by atoms with Crippen molar-refractivity contribution in [3.05, 3.63) is 29.3 Å². The Morgan fingerprint density at radius 2 is 2.28 bits per heavy atom. The van der Waals surface area contributed by atoms with Crippen molar-refractivity contribution >= 4 is 11.7 Å². The lowest BCUT2D eigenvalue weighted by molar-refractivity contribution is -0.138. The van der Waals surface area contributed by atoms with E-state index in [0.717, 1.165) is 18.4 Å². The zero-order valence-electron chi connectivity index (χ0n) is 10.7. The maximum atomic E-state index is 11.1. The fraction of sp³-hybridized carbons (Fsp3) is 0.429. The molecule has 0 saturated heterocycles. The monoisotopic (exact) mass is 246 g/mol. The van der Waals surface area contributed by atoms with E-state index < -0.39 is 12.0 Å². The molecule has 0 aliphatic carbocycles. The van der Waals surface area contributed by atoms with E-state index in [-0.39, 0.29) is 0 Å². The molecule has 1 unspecified atom stereocenters. The second kappa shape index (κ2) is 6.65. The van der Waals surface area contributed by atoms with Gasteiger partial charge < -0.3 is 10.4 Å². The molecule has 1 rings (SSSR count). The molecule has 1 aromatic carbocycles. The molecular formula is C14H18N2O2. The molecule has 1 aromatic rings. The molecule has 0 aromatic heterocycles. The standard InChI is InChI=1S/C14H18N2O2/c1-3-4-5-13(14(17)18)16-12-7-6-10(2)8-11(12)9-15/h6-8,13,16H,3-5H2,1-2H3,(H,17,18). The third kappa shape index (κ3) is 3.77. The van der Waals surface area contributed by atoms with Gasteiger partial charge in [-0.1, -0.05) is 25.8 Å². The van der Waals surface area contributed by atoms with Crippen molar-refractivity contribution < 1.29 is 9.90 Å². The van der Waals surface area contributed by atoms with Crippen molar-refractivity contribution in [2.24, 2.45) is 0 Å². The molecule has 0 bridgehead atoms. The number of nitrogens with one attached hydrogen (secondary N) is 1. The summed E-state index contributed by atoms with van der Waals surface area (Å²) in [6, 6.07) is 6.82. The third-order valence-electron chi connectivity index (χ3n) is 2.77. The Balaban J connectivity index is 2.87. The van der Waals surface area contributed by atoms with Gasteiger partial charge in [-0.3, -0.25) is 0 Å². The average Bonchev–Trinajstić information content (AvgIpc) is 2.35. The molecule has 1 atom stereocenters. The zero-order chi connectivity index (χ0) is 13.5. The molecule has 0 aliphatic rings. The van der Waals surface area contributed by atoms with Crippen molar-refractivity contribution in [1.82, 2.24) is 0 Å². The van der Waals surface area contributed by atoms with Crippen LogP contribution < -0.4 is 5.32 Å². The number of unbranched alkanes of at least 4 members (excludes halogenated alkanes) is 1. The SMILES string of the molecule is CCCCC(Nc1ccc(C)cc1C#N)C(=O)O. The van der Waals surface area contributed by atoms with E-state index >= 15 is 0 Å². The minimum atomic E-state index is -0.882. The maximum Gasteiger partial charge on any atom is 0.326 e. The molecule has 18 heavy (non-hydrogen) atoms. The van der Waals surface area contributed by atoms with E-state index in [1.165, 1.54) is 0 Å². The molecule has 0 saturated carbocycles. The molecular weight excluding hydrogens is 228 g/mol. The zero-order valence-corrected chi connectivity index (χ0v) is 10.7. The number of nitriles is 1. The summed E-state index contributed by atoms with van der Waals surface area (Å²) in [5.74, 6) is -0.882. The van der Waals surface area contributed by atoms with Gasteiger partial charge in [0.05, 0.1) is 11.3 Å². The number of hydrogen-bond donors (Lipinski definition) is 2. The van der Waals surface area contributed by atoms with Crippen molar-refractivity contribution in [1.29, 1.82) is 5.26 Å². The van der Waals surface area contributed by atoms with Gasteiger partial charge in [0.25, 0.3) is 0 Å². The van der Waals surface area contributed by atoms with Gasteiger partial charge in [-0.2, -0.15) is 5.26 Å². The summed E-state index contributed by atoms with van der Waals surface area (Å²) >= 11 is 0. The number of carboxylic acids is 1. The molecule has 0 spiro atoms. The summed E-state index contributed by atoms with van der Waals surface area (Å²) in [5.41, 5.74) is 2.06. The molecule has 0 amide bonds. The second-order valence-corrected chi connectivity index (χ2v) is 4.34. The van der Waals surface area contributed by atoms with E-state index in [1.54, 1.807) is 12.1 Å². The highest BCUT2D eigenvalue weighted by Gasteiger charge is 2.17. The van der Waals surface area contributed by atoms with E-state index in [0.29, 0.717) is 17.7 Å². The molecule has 2 N–H and O–H groups in total. The van der Waals surface area contributed by atoms with Crippen LogP contribution in [0.3, 0.4) is 0 Å². The van der Waals surface area contributed by atoms with E-state index in [1.807, 2.05) is 19.9 Å². The van der Waals surface area contributed by atoms with Crippen LogP contribution in [0.25, 0.3) is 0 Å². The molecule has 0 aliphatic heterocycles. The smallest absolute Gasteiger partial charge is 0.326 e. The van der Waals surface area contributed by atoms with Crippen LogP contribution in [-0.2, 0) is 4.79 Å². The number of anilines is 1. The largest absolute Gasteiger partial charge is 0.480 e. The summed E-state index contributed by atoms with van der Waals surface area (Å²) in [4.78, 5) is 11.1. The van der Waals surface area contributed by atoms with Gasteiger partial charge in [0.15, 0.2) is 0 Å². The van der Waals surface area contributed by atoms with E-state index in [9.17, 15) is 4.79 Å². The van der Waals surface area contributed by atoms with Crippen molar-refractivity contribution in [3.8, 4) is 6.07 Å². The lowest BCUT2D eigenvalue weighted by Crippen LogP contribution is -2.29. The Morgan fingerprint density at radius 1 is 1.56 bits per heavy atom. The Hall–Kier alpha value is -2.02. The van der Waals surface area contributed by atoms with Crippen LogP contribution in [0.5, 0.6) is 0 Å². The maximum absolute atomic E-state index is 11.1. The highest BCUT2D eigenvalue weighted by Crippen LogP contribution is 2.18. The predicted molar refractivity (Wildman–Crippen MR) is 70.5 cm³/mol. The number of carbonyl (C=O) groups is 1. The second-order valence-electron chi connectivity index (χ2n) is 4.34. The number of hydrogen-bond acceptors (Lipinski definition) is 3. The Bertz CT molecular complexity index is 463. The number of carboxylic acid groups (broad SMARTS) is 1. The first-order valence-corrected chi connectivity index (χ1v) is 6.08. The summed E-state index contributed by atoms with van der Waals surface area (Å²) in [6.45, 7) is 3.92. The van der Waals surface area contributed by atoms with Gasteiger partial charge in [0.1, 0.15) is 12.1 Å². The molecule has 96 valence electrons. The summed E-state index contributed by atoms with van der Waals surface area (Å²) in [7, 11) is 0. The number of aliphatic carboxylic acids is 1. The van der Waals surface area contributed by atoms with Gasteiger partial charge in [0.2, 0.25) is 0 Å². The van der Waals surface area contributed by atoms with E-state index in [2.05, 4.69) is 11.4 Å². The van der Waals surface area contributed by atoms with Crippen molar-refractivity contribution in [3.63, 3.8) is 0 Å². The number of nitrogens with zero attached hydrogens (tertiary/aromatic N) is 1. The molecule has 4 nitrogen and oxygen atoms in total. The Labute approximate surface area is 107 Å². The number of rotatable bonds is 6. The quantitative estimate of drug-likeness (QED) is 0.809. The molecule has 0 radical (unpaired) electrons. The van der Waals surface area contributed by atoms with Crippen molar-refractivity contribution in [2.75, 3.05) is 5.32 Å². The van der Waals surface area contributed by atoms with Gasteiger partial charge in [-0.05, 0) is 31.0 Å². The first-order valence-electron chi connectivity index (χ1n) is 6.08. The summed E-state index contributed by atoms with van der Waals surface area (Å²) in [5, 5.41) is 21.1. The Kier molecular flexibility index (Phi) is 5.19. The number of aryl methyl sites for hydroxylation is 1. The highest BCUT2D eigenvalue weighted by molar-refractivity contribution is 5.78. The summed E-state index contributed by atoms with van der Waals surface area (Å²) in [6.07, 6.45) is 2.35. The van der Waals surface area contributed by atoms with E-state index in [4.69, 9.17) is 10.4 Å². The van der Waals surface area contributed by atoms with Crippen molar-refractivity contribution in [2.45, 2.75) is 39.2 Å². The van der Waals surface area contributed by atoms with Crippen LogP contribution in [0.1, 0.15) is 37.3 Å². The van der Waals surface area contributed by atoms with Crippen LogP contribution in [0.4, 0.5) is 5.69 Å². The first-order chi connectivity index (χ1) is 8.58. The first kappa shape index (κ1) is 14.0. The van der Waals surface area contributed by atoms with Gasteiger partial charge in [0, 0.05) is 0 Å². The lowest BCUT2D eigenvalue weighted by atomic mass is 10.1. The lowest BCUT2D eigenvalue weighted by Gasteiger charge is -2.16. The Morgan fingerprint density at radius 3 is 2.83 bits per heavy atom. The normalized spacial score (nSPS) is 11.6. The molecule has 4 heteroatoms. The third-order valence-corrected chi connectivity index (χ3v) is 2.77. The fourth-order valence-corrected chi connectivity index (χ4v) is 1.73. The summed E-state index contributed by atoms with van der Waals surface area (Å²) < 4.78 is 0. The molecule has 0 heterocycles.